The maximum absolute atomic E-state index is 3.80. The molecule has 0 spiro atoms. The van der Waals surface area contributed by atoms with Gasteiger partial charge in [-0.3, -0.25) is 0 Å². The Morgan fingerprint density at radius 1 is 1.18 bits per heavy atom. The molecule has 1 heterocycles. The highest BCUT2D eigenvalue weighted by Gasteiger charge is 2.30. The van der Waals surface area contributed by atoms with Crippen molar-refractivity contribution in [2.24, 2.45) is 0 Å². The summed E-state index contributed by atoms with van der Waals surface area (Å²) in [6.07, 6.45) is 7.85. The first kappa shape index (κ1) is 12.6. The summed E-state index contributed by atoms with van der Waals surface area (Å²) in [6.45, 7) is 5.66. The molecule has 0 saturated carbocycles. The lowest BCUT2D eigenvalue weighted by atomic mass is 9.80. The number of rotatable bonds is 4. The summed E-state index contributed by atoms with van der Waals surface area (Å²) in [5.41, 5.74) is 3.22. The van der Waals surface area contributed by atoms with E-state index in [1.807, 2.05) is 0 Å². The Kier molecular flexibility index (Phi) is 4.22. The minimum atomic E-state index is 0.377. The van der Waals surface area contributed by atoms with Crippen LogP contribution in [0.5, 0.6) is 0 Å². The van der Waals surface area contributed by atoms with Gasteiger partial charge in [-0.1, -0.05) is 49.6 Å². The molecule has 1 aliphatic rings. The summed E-state index contributed by atoms with van der Waals surface area (Å²) in [6, 6.07) is 9.06. The number of nitrogens with one attached hydrogen (secondary N) is 1. The van der Waals surface area contributed by atoms with Crippen molar-refractivity contribution in [2.75, 3.05) is 6.54 Å². The summed E-state index contributed by atoms with van der Waals surface area (Å²) in [4.78, 5) is 0. The van der Waals surface area contributed by atoms with Crippen molar-refractivity contribution >= 4 is 0 Å². The normalized spacial score (nSPS) is 24.8. The molecule has 1 aromatic rings. The quantitative estimate of drug-likeness (QED) is 0.830. The first-order chi connectivity index (χ1) is 8.24. The van der Waals surface area contributed by atoms with E-state index in [4.69, 9.17) is 0 Å². The highest BCUT2D eigenvalue weighted by Crippen LogP contribution is 2.28. The van der Waals surface area contributed by atoms with E-state index in [-0.39, 0.29) is 0 Å². The minimum Gasteiger partial charge on any atom is -0.311 e. The van der Waals surface area contributed by atoms with Gasteiger partial charge in [0.25, 0.3) is 0 Å². The van der Waals surface area contributed by atoms with Crippen molar-refractivity contribution in [1.82, 2.24) is 5.32 Å². The van der Waals surface area contributed by atoms with Crippen LogP contribution in [0.15, 0.2) is 24.3 Å². The maximum atomic E-state index is 3.80. The van der Waals surface area contributed by atoms with E-state index in [2.05, 4.69) is 43.4 Å². The molecule has 1 heteroatoms. The SMILES string of the molecule is CCCC1(Cc2ccc(C)cc2)CCCCN1. The Hall–Kier alpha value is -0.820. The molecule has 0 aromatic heterocycles. The molecule has 1 unspecified atom stereocenters. The highest BCUT2D eigenvalue weighted by atomic mass is 15.0. The Morgan fingerprint density at radius 3 is 2.53 bits per heavy atom. The zero-order valence-corrected chi connectivity index (χ0v) is 11.3. The van der Waals surface area contributed by atoms with Gasteiger partial charge >= 0.3 is 0 Å². The molecule has 0 bridgehead atoms. The van der Waals surface area contributed by atoms with Crippen LogP contribution < -0.4 is 5.32 Å². The van der Waals surface area contributed by atoms with Crippen molar-refractivity contribution < 1.29 is 0 Å². The second-order valence-electron chi connectivity index (χ2n) is 5.58. The highest BCUT2D eigenvalue weighted by molar-refractivity contribution is 5.23. The van der Waals surface area contributed by atoms with Crippen LogP contribution in [0, 0.1) is 6.92 Å². The zero-order valence-electron chi connectivity index (χ0n) is 11.3. The molecule has 2 rings (SSSR count). The number of aryl methyl sites for hydroxylation is 1. The predicted molar refractivity (Wildman–Crippen MR) is 74.4 cm³/mol. The van der Waals surface area contributed by atoms with Crippen molar-refractivity contribution in [1.29, 1.82) is 0 Å². The van der Waals surface area contributed by atoms with E-state index in [9.17, 15) is 0 Å². The average molecular weight is 231 g/mol. The molecule has 94 valence electrons. The Morgan fingerprint density at radius 2 is 1.94 bits per heavy atom. The lowest BCUT2D eigenvalue weighted by molar-refractivity contribution is 0.233. The van der Waals surface area contributed by atoms with Crippen LogP contribution in [-0.4, -0.2) is 12.1 Å². The largest absolute Gasteiger partial charge is 0.311 e. The van der Waals surface area contributed by atoms with E-state index in [0.717, 1.165) is 0 Å². The van der Waals surface area contributed by atoms with Crippen LogP contribution in [0.1, 0.15) is 50.2 Å². The first-order valence-electron chi connectivity index (χ1n) is 7.05. The predicted octanol–water partition coefficient (Wildman–Crippen LogP) is 3.85. The van der Waals surface area contributed by atoms with E-state index < -0.39 is 0 Å². The van der Waals surface area contributed by atoms with Crippen LogP contribution in [-0.2, 0) is 6.42 Å². The molecular formula is C16H25N. The molecule has 0 radical (unpaired) electrons. The van der Waals surface area contributed by atoms with Crippen molar-refractivity contribution in [3.05, 3.63) is 35.4 Å². The van der Waals surface area contributed by atoms with Gasteiger partial charge in [-0.15, -0.1) is 0 Å². The maximum Gasteiger partial charge on any atom is 0.0221 e. The van der Waals surface area contributed by atoms with Gasteiger partial charge in [0.05, 0.1) is 0 Å². The third-order valence-electron chi connectivity index (χ3n) is 3.97. The Balaban J connectivity index is 2.08. The number of hydrogen-bond donors (Lipinski definition) is 1. The molecule has 0 aliphatic carbocycles. The molecule has 1 aliphatic heterocycles. The molecule has 0 amide bonds. The van der Waals surface area contributed by atoms with E-state index in [0.29, 0.717) is 5.54 Å². The Bertz CT molecular complexity index is 328. The number of piperidine rings is 1. The summed E-state index contributed by atoms with van der Waals surface area (Å²) < 4.78 is 0. The molecule has 1 saturated heterocycles. The smallest absolute Gasteiger partial charge is 0.0221 e. The van der Waals surface area contributed by atoms with Crippen molar-refractivity contribution in [2.45, 2.75) is 57.9 Å². The van der Waals surface area contributed by atoms with Gasteiger partial charge in [0.2, 0.25) is 0 Å². The molecule has 1 atom stereocenters. The topological polar surface area (TPSA) is 12.0 Å². The molecule has 1 N–H and O–H groups in total. The van der Waals surface area contributed by atoms with Crippen LogP contribution in [0.3, 0.4) is 0 Å². The van der Waals surface area contributed by atoms with E-state index in [1.165, 1.54) is 56.2 Å². The molecule has 17 heavy (non-hydrogen) atoms. The number of benzene rings is 1. The monoisotopic (exact) mass is 231 g/mol. The van der Waals surface area contributed by atoms with E-state index in [1.54, 1.807) is 0 Å². The van der Waals surface area contributed by atoms with Crippen molar-refractivity contribution in [3.63, 3.8) is 0 Å². The van der Waals surface area contributed by atoms with Gasteiger partial charge < -0.3 is 5.32 Å². The standard InChI is InChI=1S/C16H25N/c1-3-10-16(11-4-5-12-17-16)13-15-8-6-14(2)7-9-15/h6-9,17H,3-5,10-13H2,1-2H3. The van der Waals surface area contributed by atoms with Crippen molar-refractivity contribution in [3.8, 4) is 0 Å². The zero-order chi connectivity index (χ0) is 12.1. The van der Waals surface area contributed by atoms with Crippen LogP contribution >= 0.6 is 0 Å². The molecule has 1 nitrogen and oxygen atoms in total. The summed E-state index contributed by atoms with van der Waals surface area (Å²) >= 11 is 0. The minimum absolute atomic E-state index is 0.377. The van der Waals surface area contributed by atoms with Crippen LogP contribution in [0.2, 0.25) is 0 Å². The summed E-state index contributed by atoms with van der Waals surface area (Å²) in [5, 5.41) is 3.80. The van der Waals surface area contributed by atoms with Gasteiger partial charge in [-0.25, -0.2) is 0 Å². The van der Waals surface area contributed by atoms with Crippen LogP contribution in [0.4, 0.5) is 0 Å². The second kappa shape index (κ2) is 5.68. The van der Waals surface area contributed by atoms with Gasteiger partial charge in [0.1, 0.15) is 0 Å². The van der Waals surface area contributed by atoms with E-state index >= 15 is 0 Å². The summed E-state index contributed by atoms with van der Waals surface area (Å²) in [5.74, 6) is 0. The third-order valence-corrected chi connectivity index (χ3v) is 3.97. The fourth-order valence-corrected chi connectivity index (χ4v) is 3.06. The van der Waals surface area contributed by atoms with Gasteiger partial charge in [-0.05, 0) is 44.7 Å². The van der Waals surface area contributed by atoms with Gasteiger partial charge in [0.15, 0.2) is 0 Å². The summed E-state index contributed by atoms with van der Waals surface area (Å²) in [7, 11) is 0. The number of hydrogen-bond acceptors (Lipinski definition) is 1. The fraction of sp³-hybridized carbons (Fsp3) is 0.625. The molecule has 1 aromatic carbocycles. The third kappa shape index (κ3) is 3.32. The fourth-order valence-electron chi connectivity index (χ4n) is 3.06. The molecule has 1 fully saturated rings. The lowest BCUT2D eigenvalue weighted by Crippen LogP contribution is -2.50. The van der Waals surface area contributed by atoms with Crippen LogP contribution in [0.25, 0.3) is 0 Å². The van der Waals surface area contributed by atoms with Gasteiger partial charge in [-0.2, -0.15) is 0 Å². The first-order valence-corrected chi connectivity index (χ1v) is 7.05. The Labute approximate surface area is 106 Å². The lowest BCUT2D eigenvalue weighted by Gasteiger charge is -2.39. The van der Waals surface area contributed by atoms with Gasteiger partial charge in [0, 0.05) is 5.54 Å². The second-order valence-corrected chi connectivity index (χ2v) is 5.58. The average Bonchev–Trinajstić information content (AvgIpc) is 2.34. The molecular weight excluding hydrogens is 206 g/mol.